The van der Waals surface area contributed by atoms with Gasteiger partial charge in [-0.05, 0) is 50.0 Å². The molecule has 1 aliphatic carbocycles. The largest absolute Gasteiger partial charge is 0.394 e. The molecule has 0 amide bonds. The van der Waals surface area contributed by atoms with Crippen molar-refractivity contribution >= 4 is 0 Å². The molecule has 0 radical (unpaired) electrons. The van der Waals surface area contributed by atoms with Crippen molar-refractivity contribution in [2.24, 2.45) is 17.8 Å². The summed E-state index contributed by atoms with van der Waals surface area (Å²) in [6.45, 7) is 10.4. The van der Waals surface area contributed by atoms with Gasteiger partial charge < -0.3 is 10.4 Å². The van der Waals surface area contributed by atoms with Crippen LogP contribution < -0.4 is 5.32 Å². The van der Waals surface area contributed by atoms with E-state index in [1.54, 1.807) is 0 Å². The highest BCUT2D eigenvalue weighted by atomic mass is 16.3. The third-order valence-corrected chi connectivity index (χ3v) is 4.12. The second-order valence-corrected chi connectivity index (χ2v) is 6.29. The van der Waals surface area contributed by atoms with Crippen LogP contribution in [0.3, 0.4) is 0 Å². The molecule has 0 aliphatic heterocycles. The van der Waals surface area contributed by atoms with Crippen LogP contribution in [-0.4, -0.2) is 23.8 Å². The predicted molar refractivity (Wildman–Crippen MR) is 69.5 cm³/mol. The van der Waals surface area contributed by atoms with Gasteiger partial charge in [-0.2, -0.15) is 0 Å². The summed E-state index contributed by atoms with van der Waals surface area (Å²) in [6.07, 6.45) is 4.81. The quantitative estimate of drug-likeness (QED) is 0.757. The molecule has 2 heteroatoms. The van der Waals surface area contributed by atoms with Crippen molar-refractivity contribution in [1.82, 2.24) is 5.32 Å². The van der Waals surface area contributed by atoms with Gasteiger partial charge in [0.1, 0.15) is 0 Å². The molecule has 96 valence electrons. The molecule has 0 aromatic heterocycles. The fraction of sp³-hybridized carbons (Fsp3) is 1.00. The first-order valence-electron chi connectivity index (χ1n) is 6.85. The lowest BCUT2D eigenvalue weighted by Crippen LogP contribution is -2.52. The van der Waals surface area contributed by atoms with Gasteiger partial charge in [-0.25, -0.2) is 0 Å². The van der Waals surface area contributed by atoms with Crippen molar-refractivity contribution in [3.63, 3.8) is 0 Å². The lowest BCUT2D eigenvalue weighted by molar-refractivity contribution is 0.0887. The molecule has 2 N–H and O–H groups in total. The summed E-state index contributed by atoms with van der Waals surface area (Å²) in [5.74, 6) is 2.31. The van der Waals surface area contributed by atoms with Gasteiger partial charge in [-0.3, -0.25) is 0 Å². The highest BCUT2D eigenvalue weighted by Gasteiger charge is 2.35. The Morgan fingerprint density at radius 1 is 1.19 bits per heavy atom. The zero-order chi connectivity index (χ0) is 12.2. The Bertz CT molecular complexity index is 193. The van der Waals surface area contributed by atoms with Crippen LogP contribution in [0.4, 0.5) is 0 Å². The van der Waals surface area contributed by atoms with E-state index >= 15 is 0 Å². The molecular weight excluding hydrogens is 198 g/mol. The maximum absolute atomic E-state index is 9.62. The molecule has 1 fully saturated rings. The first kappa shape index (κ1) is 14.0. The molecule has 0 saturated heterocycles. The normalized spacial score (nSPS) is 31.3. The van der Waals surface area contributed by atoms with E-state index in [2.05, 4.69) is 33.0 Å². The fourth-order valence-electron chi connectivity index (χ4n) is 2.67. The molecule has 0 unspecified atom stereocenters. The average Bonchev–Trinajstić information content (AvgIpc) is 2.27. The number of hydrogen-bond acceptors (Lipinski definition) is 2. The molecule has 1 rings (SSSR count). The predicted octanol–water partition coefficient (Wildman–Crippen LogP) is 2.81. The summed E-state index contributed by atoms with van der Waals surface area (Å²) < 4.78 is 0. The van der Waals surface area contributed by atoms with Gasteiger partial charge in [-0.15, -0.1) is 0 Å². The monoisotopic (exact) mass is 227 g/mol. The SMILES string of the molecule is CC(C)CNC1(CO)CCC(C(C)C)CC1. The zero-order valence-electron chi connectivity index (χ0n) is 11.4. The molecule has 0 aromatic rings. The van der Waals surface area contributed by atoms with Crippen molar-refractivity contribution in [2.45, 2.75) is 58.9 Å². The number of nitrogens with one attached hydrogen (secondary N) is 1. The molecule has 16 heavy (non-hydrogen) atoms. The first-order valence-corrected chi connectivity index (χ1v) is 6.85. The van der Waals surface area contributed by atoms with E-state index in [0.29, 0.717) is 12.5 Å². The smallest absolute Gasteiger partial charge is 0.0613 e. The van der Waals surface area contributed by atoms with E-state index < -0.39 is 0 Å². The molecule has 0 aromatic carbocycles. The lowest BCUT2D eigenvalue weighted by Gasteiger charge is -2.41. The van der Waals surface area contributed by atoms with E-state index in [9.17, 15) is 5.11 Å². The Morgan fingerprint density at radius 3 is 2.12 bits per heavy atom. The Balaban J connectivity index is 2.45. The summed E-state index contributed by atoms with van der Waals surface area (Å²) in [4.78, 5) is 0. The van der Waals surface area contributed by atoms with Gasteiger partial charge >= 0.3 is 0 Å². The minimum atomic E-state index is 0.0235. The highest BCUT2D eigenvalue weighted by molar-refractivity contribution is 4.93. The molecule has 0 bridgehead atoms. The van der Waals surface area contributed by atoms with Crippen molar-refractivity contribution in [3.05, 3.63) is 0 Å². The van der Waals surface area contributed by atoms with Gasteiger partial charge in [0.05, 0.1) is 6.61 Å². The minimum absolute atomic E-state index is 0.0235. The maximum atomic E-state index is 9.62. The molecule has 1 saturated carbocycles. The number of hydrogen-bond donors (Lipinski definition) is 2. The Kier molecular flexibility index (Phi) is 5.26. The molecule has 0 heterocycles. The van der Waals surface area contributed by atoms with Crippen molar-refractivity contribution in [1.29, 1.82) is 0 Å². The van der Waals surface area contributed by atoms with E-state index in [1.807, 2.05) is 0 Å². The molecular formula is C14H29NO. The Labute approximate surface area is 101 Å². The first-order chi connectivity index (χ1) is 7.49. The van der Waals surface area contributed by atoms with Gasteiger partial charge in [-0.1, -0.05) is 27.7 Å². The van der Waals surface area contributed by atoms with Crippen molar-refractivity contribution in [2.75, 3.05) is 13.2 Å². The van der Waals surface area contributed by atoms with Crippen LogP contribution in [0.15, 0.2) is 0 Å². The maximum Gasteiger partial charge on any atom is 0.0613 e. The molecule has 1 aliphatic rings. The molecule has 2 nitrogen and oxygen atoms in total. The van der Waals surface area contributed by atoms with Gasteiger partial charge in [0.2, 0.25) is 0 Å². The fourth-order valence-corrected chi connectivity index (χ4v) is 2.67. The number of aliphatic hydroxyl groups is 1. The third kappa shape index (κ3) is 3.74. The second-order valence-electron chi connectivity index (χ2n) is 6.29. The van der Waals surface area contributed by atoms with Crippen LogP contribution in [-0.2, 0) is 0 Å². The lowest BCUT2D eigenvalue weighted by atomic mass is 9.73. The van der Waals surface area contributed by atoms with Crippen LogP contribution in [0.2, 0.25) is 0 Å². The molecule has 0 spiro atoms. The van der Waals surface area contributed by atoms with Crippen LogP contribution in [0, 0.1) is 17.8 Å². The zero-order valence-corrected chi connectivity index (χ0v) is 11.4. The topological polar surface area (TPSA) is 32.3 Å². The average molecular weight is 227 g/mol. The standard InChI is InChI=1S/C14H29NO/c1-11(2)9-15-14(10-16)7-5-13(6-8-14)12(3)4/h11-13,15-16H,5-10H2,1-4H3. The van der Waals surface area contributed by atoms with Gasteiger partial charge in [0.15, 0.2) is 0 Å². The summed E-state index contributed by atoms with van der Waals surface area (Å²) in [7, 11) is 0. The van der Waals surface area contributed by atoms with E-state index in [0.717, 1.165) is 31.2 Å². The van der Waals surface area contributed by atoms with E-state index in [1.165, 1.54) is 12.8 Å². The summed E-state index contributed by atoms with van der Waals surface area (Å²) in [5, 5.41) is 13.2. The van der Waals surface area contributed by atoms with Crippen molar-refractivity contribution in [3.8, 4) is 0 Å². The Hall–Kier alpha value is -0.0800. The summed E-state index contributed by atoms with van der Waals surface area (Å²) in [5.41, 5.74) is 0.0235. The molecule has 0 atom stereocenters. The van der Waals surface area contributed by atoms with E-state index in [4.69, 9.17) is 0 Å². The van der Waals surface area contributed by atoms with Crippen LogP contribution in [0.5, 0.6) is 0 Å². The van der Waals surface area contributed by atoms with Gasteiger partial charge in [0, 0.05) is 5.54 Å². The number of rotatable bonds is 5. The minimum Gasteiger partial charge on any atom is -0.394 e. The Morgan fingerprint density at radius 2 is 1.75 bits per heavy atom. The summed E-state index contributed by atoms with van der Waals surface area (Å²) >= 11 is 0. The van der Waals surface area contributed by atoms with Crippen molar-refractivity contribution < 1.29 is 5.11 Å². The third-order valence-electron chi connectivity index (χ3n) is 4.12. The van der Waals surface area contributed by atoms with E-state index in [-0.39, 0.29) is 5.54 Å². The van der Waals surface area contributed by atoms with Crippen LogP contribution in [0.25, 0.3) is 0 Å². The van der Waals surface area contributed by atoms with Gasteiger partial charge in [0.25, 0.3) is 0 Å². The number of aliphatic hydroxyl groups excluding tert-OH is 1. The van der Waals surface area contributed by atoms with Crippen LogP contribution >= 0.6 is 0 Å². The second kappa shape index (κ2) is 6.02. The highest BCUT2D eigenvalue weighted by Crippen LogP contribution is 2.35. The van der Waals surface area contributed by atoms with Crippen LogP contribution in [0.1, 0.15) is 53.4 Å². The summed E-state index contributed by atoms with van der Waals surface area (Å²) in [6, 6.07) is 0.